The van der Waals surface area contributed by atoms with Crippen molar-refractivity contribution in [1.29, 1.82) is 0 Å². The Morgan fingerprint density at radius 3 is 2.46 bits per heavy atom. The zero-order chi connectivity index (χ0) is 19.3. The first kappa shape index (κ1) is 16.8. The van der Waals surface area contributed by atoms with Crippen molar-refractivity contribution in [2.75, 3.05) is 0 Å². The Hall–Kier alpha value is -3.37. The van der Waals surface area contributed by atoms with E-state index in [2.05, 4.69) is 47.0 Å². The van der Waals surface area contributed by atoms with Gasteiger partial charge in [-0.2, -0.15) is 0 Å². The number of para-hydroxylation sites is 2. The summed E-state index contributed by atoms with van der Waals surface area (Å²) in [4.78, 5) is 11.3. The number of nitrogens with one attached hydrogen (secondary N) is 2. The molecule has 0 aliphatic rings. The van der Waals surface area contributed by atoms with Gasteiger partial charge in [0.15, 0.2) is 0 Å². The van der Waals surface area contributed by atoms with Gasteiger partial charge in [0.05, 0.1) is 11.0 Å². The zero-order valence-corrected chi connectivity index (χ0v) is 15.8. The van der Waals surface area contributed by atoms with Crippen molar-refractivity contribution in [3.05, 3.63) is 89.4 Å². The Kier molecular flexibility index (Phi) is 3.81. The van der Waals surface area contributed by atoms with E-state index in [1.54, 1.807) is 0 Å². The van der Waals surface area contributed by atoms with Crippen molar-refractivity contribution >= 4 is 21.9 Å². The van der Waals surface area contributed by atoms with E-state index in [1.807, 2.05) is 48.7 Å². The summed E-state index contributed by atoms with van der Waals surface area (Å²) in [5, 5.41) is 12.4. The zero-order valence-electron chi connectivity index (χ0n) is 15.8. The van der Waals surface area contributed by atoms with Crippen LogP contribution in [0.4, 0.5) is 0 Å². The molecule has 3 N–H and O–H groups in total. The minimum absolute atomic E-state index is 0.565. The van der Waals surface area contributed by atoms with Crippen molar-refractivity contribution in [1.82, 2.24) is 15.0 Å². The molecule has 5 aromatic rings. The monoisotopic (exact) mass is 367 g/mol. The van der Waals surface area contributed by atoms with Crippen LogP contribution in [0.1, 0.15) is 28.6 Å². The summed E-state index contributed by atoms with van der Waals surface area (Å²) >= 11 is 0. The van der Waals surface area contributed by atoms with Crippen LogP contribution in [0.2, 0.25) is 0 Å². The number of imidazole rings is 1. The van der Waals surface area contributed by atoms with E-state index in [1.165, 1.54) is 0 Å². The molecular formula is C24H21N3O. The van der Waals surface area contributed by atoms with E-state index in [9.17, 15) is 5.11 Å². The quantitative estimate of drug-likeness (QED) is 0.399. The second-order valence-corrected chi connectivity index (χ2v) is 7.28. The molecule has 5 rings (SSSR count). The van der Waals surface area contributed by atoms with Crippen LogP contribution >= 0.6 is 0 Å². The molecule has 138 valence electrons. The molecule has 0 aliphatic carbocycles. The Morgan fingerprint density at radius 2 is 1.68 bits per heavy atom. The van der Waals surface area contributed by atoms with Gasteiger partial charge in [0, 0.05) is 28.2 Å². The molecule has 4 heteroatoms. The van der Waals surface area contributed by atoms with E-state index >= 15 is 0 Å². The lowest BCUT2D eigenvalue weighted by Crippen LogP contribution is -2.06. The Bertz CT molecular complexity index is 1260. The molecule has 0 saturated carbocycles. The van der Waals surface area contributed by atoms with Crippen molar-refractivity contribution < 1.29 is 5.11 Å². The maximum atomic E-state index is 11.3. The molecule has 2 heterocycles. The van der Waals surface area contributed by atoms with Gasteiger partial charge in [0.25, 0.3) is 0 Å². The second-order valence-electron chi connectivity index (χ2n) is 7.28. The number of benzene rings is 3. The number of aromatic amines is 2. The lowest BCUT2D eigenvalue weighted by atomic mass is 9.92. The van der Waals surface area contributed by atoms with Crippen molar-refractivity contribution in [2.24, 2.45) is 0 Å². The molecule has 1 unspecified atom stereocenters. The van der Waals surface area contributed by atoms with Crippen molar-refractivity contribution in [3.8, 4) is 11.1 Å². The summed E-state index contributed by atoms with van der Waals surface area (Å²) in [6, 6.07) is 20.2. The fourth-order valence-electron chi connectivity index (χ4n) is 4.12. The SMILES string of the molecule is Cc1cc(C)c2[nH]cc(-c3ccccc3)c2c1C(O)c1nc2ccccc2[nH]1. The minimum atomic E-state index is -0.839. The number of H-pyrrole nitrogens is 2. The van der Waals surface area contributed by atoms with Gasteiger partial charge >= 0.3 is 0 Å². The first-order valence-electron chi connectivity index (χ1n) is 9.43. The highest BCUT2D eigenvalue weighted by atomic mass is 16.3. The van der Waals surface area contributed by atoms with E-state index in [0.717, 1.165) is 49.8 Å². The van der Waals surface area contributed by atoms with Crippen LogP contribution in [0.25, 0.3) is 33.1 Å². The number of nitrogens with zero attached hydrogens (tertiary/aromatic N) is 1. The first-order chi connectivity index (χ1) is 13.6. The van der Waals surface area contributed by atoms with Crippen molar-refractivity contribution in [3.63, 3.8) is 0 Å². The van der Waals surface area contributed by atoms with Crippen LogP contribution in [0.3, 0.4) is 0 Å². The average molecular weight is 367 g/mol. The van der Waals surface area contributed by atoms with Crippen LogP contribution in [-0.2, 0) is 0 Å². The number of fused-ring (bicyclic) bond motifs is 2. The normalized spacial score (nSPS) is 12.7. The molecule has 0 amide bonds. The summed E-state index contributed by atoms with van der Waals surface area (Å²) in [7, 11) is 0. The van der Waals surface area contributed by atoms with Gasteiger partial charge in [-0.05, 0) is 42.7 Å². The van der Waals surface area contributed by atoms with Crippen LogP contribution in [0, 0.1) is 13.8 Å². The first-order valence-corrected chi connectivity index (χ1v) is 9.43. The molecule has 0 saturated heterocycles. The predicted molar refractivity (Wildman–Crippen MR) is 113 cm³/mol. The molecule has 1 atom stereocenters. The van der Waals surface area contributed by atoms with Gasteiger partial charge < -0.3 is 15.1 Å². The van der Waals surface area contributed by atoms with Crippen LogP contribution in [0.5, 0.6) is 0 Å². The van der Waals surface area contributed by atoms with Gasteiger partial charge in [-0.15, -0.1) is 0 Å². The van der Waals surface area contributed by atoms with Crippen LogP contribution < -0.4 is 0 Å². The number of hydrogen-bond donors (Lipinski definition) is 3. The Labute approximate surface area is 162 Å². The molecule has 28 heavy (non-hydrogen) atoms. The summed E-state index contributed by atoms with van der Waals surface area (Å²) < 4.78 is 0. The molecule has 2 aromatic heterocycles. The Balaban J connectivity index is 1.77. The van der Waals surface area contributed by atoms with Crippen molar-refractivity contribution in [2.45, 2.75) is 20.0 Å². The van der Waals surface area contributed by atoms with E-state index in [-0.39, 0.29) is 0 Å². The maximum absolute atomic E-state index is 11.3. The van der Waals surface area contributed by atoms with Crippen LogP contribution in [0.15, 0.2) is 66.9 Å². The van der Waals surface area contributed by atoms with Gasteiger partial charge in [0.1, 0.15) is 11.9 Å². The molecular weight excluding hydrogens is 346 g/mol. The van der Waals surface area contributed by atoms with Gasteiger partial charge in [-0.1, -0.05) is 48.5 Å². The molecule has 0 spiro atoms. The largest absolute Gasteiger partial charge is 0.380 e. The highest BCUT2D eigenvalue weighted by molar-refractivity contribution is 6.00. The molecule has 0 aliphatic heterocycles. The maximum Gasteiger partial charge on any atom is 0.140 e. The second kappa shape index (κ2) is 6.36. The third-order valence-electron chi connectivity index (χ3n) is 5.43. The topological polar surface area (TPSA) is 64.7 Å². The number of aliphatic hydroxyl groups is 1. The number of aryl methyl sites for hydroxylation is 2. The summed E-state index contributed by atoms with van der Waals surface area (Å²) in [5.41, 5.74) is 8.15. The third kappa shape index (κ3) is 2.53. The van der Waals surface area contributed by atoms with Gasteiger partial charge in [-0.25, -0.2) is 4.98 Å². The molecule has 0 fully saturated rings. The standard InChI is InChI=1S/C24H21N3O/c1-14-12-15(2)22-21(17(13-25-22)16-8-4-3-5-9-16)20(14)23(28)24-26-18-10-6-7-11-19(18)27-24/h3-13,23,25,28H,1-2H3,(H,26,27). The fraction of sp³-hybridized carbons (Fsp3) is 0.125. The average Bonchev–Trinajstić information content (AvgIpc) is 3.33. The molecule has 0 radical (unpaired) electrons. The number of aromatic nitrogens is 3. The fourth-order valence-corrected chi connectivity index (χ4v) is 4.12. The van der Waals surface area contributed by atoms with E-state index in [0.29, 0.717) is 5.82 Å². The molecule has 0 bridgehead atoms. The van der Waals surface area contributed by atoms with Gasteiger partial charge in [-0.3, -0.25) is 0 Å². The summed E-state index contributed by atoms with van der Waals surface area (Å²) in [6.07, 6.45) is 1.19. The number of rotatable bonds is 3. The van der Waals surface area contributed by atoms with Gasteiger partial charge in [0.2, 0.25) is 0 Å². The predicted octanol–water partition coefficient (Wildman–Crippen LogP) is 5.41. The third-order valence-corrected chi connectivity index (χ3v) is 5.43. The lowest BCUT2D eigenvalue weighted by molar-refractivity contribution is 0.212. The van der Waals surface area contributed by atoms with Crippen LogP contribution in [-0.4, -0.2) is 20.1 Å². The Morgan fingerprint density at radius 1 is 0.929 bits per heavy atom. The lowest BCUT2D eigenvalue weighted by Gasteiger charge is -2.16. The van der Waals surface area contributed by atoms with E-state index in [4.69, 9.17) is 0 Å². The molecule has 4 nitrogen and oxygen atoms in total. The highest BCUT2D eigenvalue weighted by Crippen LogP contribution is 2.39. The highest BCUT2D eigenvalue weighted by Gasteiger charge is 2.23. The summed E-state index contributed by atoms with van der Waals surface area (Å²) in [5.74, 6) is 0.565. The number of hydrogen-bond acceptors (Lipinski definition) is 2. The molecule has 3 aromatic carbocycles. The smallest absolute Gasteiger partial charge is 0.140 e. The minimum Gasteiger partial charge on any atom is -0.380 e. The van der Waals surface area contributed by atoms with E-state index < -0.39 is 6.10 Å². The number of aliphatic hydroxyl groups excluding tert-OH is 1. The summed E-state index contributed by atoms with van der Waals surface area (Å²) in [6.45, 7) is 4.15.